The predicted octanol–water partition coefficient (Wildman–Crippen LogP) is 1.76. The lowest BCUT2D eigenvalue weighted by Gasteiger charge is -2.41. The molecule has 164 valence electrons. The Kier molecular flexibility index (Phi) is 8.23. The van der Waals surface area contributed by atoms with Crippen molar-refractivity contribution in [3.05, 3.63) is 41.3 Å². The van der Waals surface area contributed by atoms with E-state index < -0.39 is 0 Å². The van der Waals surface area contributed by atoms with Gasteiger partial charge in [0.15, 0.2) is 5.82 Å². The molecule has 0 bridgehead atoms. The number of carbonyl (C=O) groups excluding carboxylic acids is 2. The van der Waals surface area contributed by atoms with Crippen molar-refractivity contribution in [1.82, 2.24) is 29.9 Å². The van der Waals surface area contributed by atoms with Gasteiger partial charge in [-0.3, -0.25) is 9.59 Å². The first-order valence-electron chi connectivity index (χ1n) is 9.82. The Balaban J connectivity index is 0.00000160. The average molecular weight is 455 g/mol. The number of nitrogens with zero attached hydrogens (tertiary/aromatic N) is 5. The minimum absolute atomic E-state index is 0. The topological polar surface area (TPSA) is 83.4 Å². The molecule has 1 unspecified atom stereocenters. The van der Waals surface area contributed by atoms with Gasteiger partial charge in [0.2, 0.25) is 5.91 Å². The highest BCUT2D eigenvalue weighted by Gasteiger charge is 2.32. The molecular weight excluding hydrogens is 427 g/mol. The zero-order valence-electron chi connectivity index (χ0n) is 17.2. The van der Waals surface area contributed by atoms with Crippen LogP contribution in [0.15, 0.2) is 24.4 Å². The maximum atomic E-state index is 13.0. The molecule has 4 rings (SSSR count). The maximum absolute atomic E-state index is 13.0. The highest BCUT2D eigenvalue weighted by Crippen LogP contribution is 2.19. The summed E-state index contributed by atoms with van der Waals surface area (Å²) in [6.45, 7) is 7.14. The third kappa shape index (κ3) is 4.94. The number of aryl methyl sites for hydroxylation is 2. The molecule has 1 atom stereocenters. The molecule has 2 aromatic rings. The second kappa shape index (κ2) is 10.2. The molecule has 0 spiro atoms. The number of hydrogen-bond donors (Lipinski definition) is 1. The molecule has 0 saturated carbocycles. The highest BCUT2D eigenvalue weighted by molar-refractivity contribution is 5.94. The maximum Gasteiger partial charge on any atom is 0.255 e. The van der Waals surface area contributed by atoms with Crippen LogP contribution in [0.1, 0.15) is 34.6 Å². The van der Waals surface area contributed by atoms with Gasteiger partial charge in [-0.25, -0.2) is 9.67 Å². The number of halogens is 2. The summed E-state index contributed by atoms with van der Waals surface area (Å²) in [4.78, 5) is 33.4. The molecule has 0 aromatic carbocycles. The lowest BCUT2D eigenvalue weighted by molar-refractivity contribution is -0.135. The SMILES string of the molecule is Cc1cc(C)n(-c2ccc(C(=O)N3CCCC(N4CCNCC4=O)C3)cn2)n1.Cl.Cl. The summed E-state index contributed by atoms with van der Waals surface area (Å²) in [5.74, 6) is 0.797. The molecule has 2 fully saturated rings. The Labute approximate surface area is 188 Å². The van der Waals surface area contributed by atoms with E-state index in [-0.39, 0.29) is 42.7 Å². The number of piperidine rings is 1. The minimum Gasteiger partial charge on any atom is -0.337 e. The molecule has 2 aliphatic rings. The molecule has 0 radical (unpaired) electrons. The van der Waals surface area contributed by atoms with E-state index in [0.29, 0.717) is 31.0 Å². The Morgan fingerprint density at radius 1 is 1.20 bits per heavy atom. The van der Waals surface area contributed by atoms with Gasteiger partial charge >= 0.3 is 0 Å². The van der Waals surface area contributed by atoms with E-state index in [9.17, 15) is 9.59 Å². The summed E-state index contributed by atoms with van der Waals surface area (Å²) in [6.07, 6.45) is 3.48. The summed E-state index contributed by atoms with van der Waals surface area (Å²) >= 11 is 0. The first kappa shape index (κ1) is 24.1. The molecule has 2 amide bonds. The molecule has 10 heteroatoms. The number of carbonyl (C=O) groups is 2. The lowest BCUT2D eigenvalue weighted by Crippen LogP contribution is -2.57. The van der Waals surface area contributed by atoms with Gasteiger partial charge in [0.05, 0.1) is 17.8 Å². The van der Waals surface area contributed by atoms with Crippen LogP contribution in [-0.2, 0) is 4.79 Å². The summed E-state index contributed by atoms with van der Waals surface area (Å²) in [5, 5.41) is 7.53. The van der Waals surface area contributed by atoms with Crippen molar-refractivity contribution in [2.75, 3.05) is 32.7 Å². The summed E-state index contributed by atoms with van der Waals surface area (Å²) in [6, 6.07) is 5.73. The second-order valence-corrected chi connectivity index (χ2v) is 7.56. The van der Waals surface area contributed by atoms with E-state index in [1.807, 2.05) is 35.8 Å². The first-order chi connectivity index (χ1) is 13.5. The first-order valence-corrected chi connectivity index (χ1v) is 9.82. The number of hydrogen-bond acceptors (Lipinski definition) is 5. The van der Waals surface area contributed by atoms with Crippen LogP contribution in [0.25, 0.3) is 5.82 Å². The zero-order chi connectivity index (χ0) is 19.7. The van der Waals surface area contributed by atoms with Crippen LogP contribution in [-0.4, -0.2) is 75.1 Å². The molecule has 2 saturated heterocycles. The lowest BCUT2D eigenvalue weighted by atomic mass is 10.0. The van der Waals surface area contributed by atoms with Crippen LogP contribution >= 0.6 is 24.8 Å². The fourth-order valence-corrected chi connectivity index (χ4v) is 4.08. The van der Waals surface area contributed by atoms with E-state index in [4.69, 9.17) is 0 Å². The number of piperazine rings is 1. The van der Waals surface area contributed by atoms with E-state index in [1.54, 1.807) is 16.9 Å². The Morgan fingerprint density at radius 3 is 2.63 bits per heavy atom. The quantitative estimate of drug-likeness (QED) is 0.763. The van der Waals surface area contributed by atoms with E-state index >= 15 is 0 Å². The van der Waals surface area contributed by atoms with Crippen molar-refractivity contribution < 1.29 is 9.59 Å². The van der Waals surface area contributed by atoms with Crippen LogP contribution in [0.2, 0.25) is 0 Å². The number of rotatable bonds is 3. The van der Waals surface area contributed by atoms with Gasteiger partial charge in [-0.15, -0.1) is 24.8 Å². The van der Waals surface area contributed by atoms with E-state index in [1.165, 1.54) is 0 Å². The molecule has 8 nitrogen and oxygen atoms in total. The van der Waals surface area contributed by atoms with Crippen LogP contribution in [0, 0.1) is 13.8 Å². The Bertz CT molecular complexity index is 886. The van der Waals surface area contributed by atoms with Gasteiger partial charge < -0.3 is 15.1 Å². The average Bonchev–Trinajstić information content (AvgIpc) is 3.06. The number of likely N-dealkylation sites (tertiary alicyclic amines) is 1. The van der Waals surface area contributed by atoms with Gasteiger partial charge in [0.1, 0.15) is 0 Å². The monoisotopic (exact) mass is 454 g/mol. The third-order valence-electron chi connectivity index (χ3n) is 5.47. The number of amides is 2. The zero-order valence-corrected chi connectivity index (χ0v) is 18.8. The smallest absolute Gasteiger partial charge is 0.255 e. The predicted molar refractivity (Wildman–Crippen MR) is 119 cm³/mol. The standard InChI is InChI=1S/C20H26N6O2.2ClH/c1-14-10-15(2)26(23-14)18-6-5-16(11-22-18)20(28)24-8-3-4-17(13-24)25-9-7-21-12-19(25)27;;/h5-6,10-11,17,21H,3-4,7-9,12-13H2,1-2H3;2*1H. The summed E-state index contributed by atoms with van der Waals surface area (Å²) in [7, 11) is 0. The van der Waals surface area contributed by atoms with Gasteiger partial charge in [-0.2, -0.15) is 5.10 Å². The number of nitrogens with one attached hydrogen (secondary N) is 1. The van der Waals surface area contributed by atoms with Crippen molar-refractivity contribution >= 4 is 36.6 Å². The van der Waals surface area contributed by atoms with Crippen LogP contribution in [0.5, 0.6) is 0 Å². The van der Waals surface area contributed by atoms with Crippen molar-refractivity contribution in [2.45, 2.75) is 32.7 Å². The molecule has 2 aromatic heterocycles. The fourth-order valence-electron chi connectivity index (χ4n) is 4.08. The molecular formula is C20H28Cl2N6O2. The molecule has 4 heterocycles. The van der Waals surface area contributed by atoms with Crippen LogP contribution in [0.4, 0.5) is 0 Å². The molecule has 30 heavy (non-hydrogen) atoms. The van der Waals surface area contributed by atoms with Crippen molar-refractivity contribution in [2.24, 2.45) is 0 Å². The van der Waals surface area contributed by atoms with Gasteiger partial charge in [0, 0.05) is 44.1 Å². The van der Waals surface area contributed by atoms with Crippen molar-refractivity contribution in [3.8, 4) is 5.82 Å². The Hall–Kier alpha value is -2.16. The van der Waals surface area contributed by atoms with Gasteiger partial charge in [-0.1, -0.05) is 0 Å². The highest BCUT2D eigenvalue weighted by atomic mass is 35.5. The number of aromatic nitrogens is 3. The normalized spacial score (nSPS) is 19.1. The largest absolute Gasteiger partial charge is 0.337 e. The van der Waals surface area contributed by atoms with Crippen LogP contribution < -0.4 is 5.32 Å². The van der Waals surface area contributed by atoms with Gasteiger partial charge in [0.25, 0.3) is 5.91 Å². The third-order valence-corrected chi connectivity index (χ3v) is 5.47. The number of pyridine rings is 1. The van der Waals surface area contributed by atoms with Crippen molar-refractivity contribution in [3.63, 3.8) is 0 Å². The summed E-state index contributed by atoms with van der Waals surface area (Å²) < 4.78 is 1.77. The molecule has 0 aliphatic carbocycles. The van der Waals surface area contributed by atoms with E-state index in [0.717, 1.165) is 37.3 Å². The fraction of sp³-hybridized carbons (Fsp3) is 0.500. The molecule has 2 aliphatic heterocycles. The summed E-state index contributed by atoms with van der Waals surface area (Å²) in [5.41, 5.74) is 2.50. The Morgan fingerprint density at radius 2 is 2.00 bits per heavy atom. The van der Waals surface area contributed by atoms with E-state index in [2.05, 4.69) is 15.4 Å². The van der Waals surface area contributed by atoms with Crippen molar-refractivity contribution in [1.29, 1.82) is 0 Å². The minimum atomic E-state index is -0.0281. The van der Waals surface area contributed by atoms with Gasteiger partial charge in [-0.05, 0) is 44.9 Å². The second-order valence-electron chi connectivity index (χ2n) is 7.56. The van der Waals surface area contributed by atoms with Crippen LogP contribution in [0.3, 0.4) is 0 Å². The molecule has 1 N–H and O–H groups in total.